The summed E-state index contributed by atoms with van der Waals surface area (Å²) in [5.41, 5.74) is 4.08. The number of benzene rings is 3. The van der Waals surface area contributed by atoms with Crippen molar-refractivity contribution in [2.75, 3.05) is 16.4 Å². The third-order valence-corrected chi connectivity index (χ3v) is 5.67. The van der Waals surface area contributed by atoms with Gasteiger partial charge >= 0.3 is 0 Å². The second-order valence-corrected chi connectivity index (χ2v) is 8.10. The van der Waals surface area contributed by atoms with Crippen molar-refractivity contribution >= 4 is 46.6 Å². The maximum atomic E-state index is 12.3. The van der Waals surface area contributed by atoms with Gasteiger partial charge < -0.3 is 10.6 Å². The Kier molecular flexibility index (Phi) is 6.96. The van der Waals surface area contributed by atoms with Crippen molar-refractivity contribution in [2.24, 2.45) is 0 Å². The minimum absolute atomic E-state index is 0.105. The zero-order valence-corrected chi connectivity index (χ0v) is 17.7. The minimum atomic E-state index is -0.151. The summed E-state index contributed by atoms with van der Waals surface area (Å²) in [6.07, 6.45) is 0. The van der Waals surface area contributed by atoms with E-state index in [2.05, 4.69) is 10.6 Å². The number of amides is 2. The van der Waals surface area contributed by atoms with Crippen LogP contribution in [0.1, 0.15) is 21.5 Å². The fourth-order valence-electron chi connectivity index (χ4n) is 2.56. The molecule has 2 amide bonds. The van der Waals surface area contributed by atoms with Crippen LogP contribution in [0.3, 0.4) is 0 Å². The van der Waals surface area contributed by atoms with Gasteiger partial charge in [0.15, 0.2) is 0 Å². The van der Waals surface area contributed by atoms with E-state index in [1.807, 2.05) is 62.4 Å². The Morgan fingerprint density at radius 3 is 2.17 bits per heavy atom. The van der Waals surface area contributed by atoms with Gasteiger partial charge in [0.25, 0.3) is 5.91 Å². The molecular formula is C23H21ClN2O2S. The lowest BCUT2D eigenvalue weighted by atomic mass is 10.1. The first-order valence-corrected chi connectivity index (χ1v) is 10.4. The first-order chi connectivity index (χ1) is 13.9. The van der Waals surface area contributed by atoms with Crippen LogP contribution in [0, 0.1) is 13.8 Å². The van der Waals surface area contributed by atoms with Crippen LogP contribution >= 0.6 is 23.4 Å². The molecule has 0 fully saturated rings. The number of carbonyl (C=O) groups is 2. The summed E-state index contributed by atoms with van der Waals surface area (Å²) in [5, 5.41) is 6.33. The average Bonchev–Trinajstić information content (AvgIpc) is 2.71. The van der Waals surface area contributed by atoms with Gasteiger partial charge in [-0.3, -0.25) is 9.59 Å². The topological polar surface area (TPSA) is 58.2 Å². The van der Waals surface area contributed by atoms with Crippen molar-refractivity contribution in [3.05, 3.63) is 88.4 Å². The van der Waals surface area contributed by atoms with E-state index >= 15 is 0 Å². The van der Waals surface area contributed by atoms with Gasteiger partial charge in [0.05, 0.1) is 5.75 Å². The largest absolute Gasteiger partial charge is 0.325 e. The molecule has 0 spiro atoms. The second-order valence-electron chi connectivity index (χ2n) is 6.65. The van der Waals surface area contributed by atoms with Gasteiger partial charge in [0.1, 0.15) is 0 Å². The van der Waals surface area contributed by atoms with Gasteiger partial charge in [-0.15, -0.1) is 11.8 Å². The number of anilines is 2. The third kappa shape index (κ3) is 6.11. The van der Waals surface area contributed by atoms with Crippen LogP contribution in [0.4, 0.5) is 11.4 Å². The average molecular weight is 425 g/mol. The highest BCUT2D eigenvalue weighted by molar-refractivity contribution is 8.00. The van der Waals surface area contributed by atoms with E-state index in [1.165, 1.54) is 11.8 Å². The molecule has 0 aromatic heterocycles. The van der Waals surface area contributed by atoms with Crippen molar-refractivity contribution in [1.82, 2.24) is 0 Å². The molecule has 0 bridgehead atoms. The molecule has 3 aromatic carbocycles. The zero-order valence-electron chi connectivity index (χ0n) is 16.2. The van der Waals surface area contributed by atoms with Crippen LogP contribution in [-0.2, 0) is 4.79 Å². The van der Waals surface area contributed by atoms with Crippen LogP contribution in [0.15, 0.2) is 71.6 Å². The number of aryl methyl sites for hydroxylation is 2. The highest BCUT2D eigenvalue weighted by Gasteiger charge is 2.07. The molecule has 0 unspecified atom stereocenters. The van der Waals surface area contributed by atoms with Crippen molar-refractivity contribution in [1.29, 1.82) is 0 Å². The van der Waals surface area contributed by atoms with E-state index in [0.717, 1.165) is 16.0 Å². The Labute approximate surface area is 179 Å². The minimum Gasteiger partial charge on any atom is -0.325 e. The summed E-state index contributed by atoms with van der Waals surface area (Å²) in [5.74, 6) is 0.0221. The molecular weight excluding hydrogens is 404 g/mol. The van der Waals surface area contributed by atoms with E-state index in [1.54, 1.807) is 18.2 Å². The van der Waals surface area contributed by atoms with Crippen molar-refractivity contribution in [2.45, 2.75) is 18.7 Å². The molecule has 2 N–H and O–H groups in total. The summed E-state index contributed by atoms with van der Waals surface area (Å²) in [7, 11) is 0. The number of rotatable bonds is 6. The molecule has 3 rings (SSSR count). The summed E-state index contributed by atoms with van der Waals surface area (Å²) < 4.78 is 0. The summed E-state index contributed by atoms with van der Waals surface area (Å²) in [6.45, 7) is 3.89. The lowest BCUT2D eigenvalue weighted by Crippen LogP contribution is -2.14. The molecule has 3 aromatic rings. The van der Waals surface area contributed by atoms with Crippen LogP contribution in [0.2, 0.25) is 5.02 Å². The first kappa shape index (κ1) is 21.0. The molecule has 6 heteroatoms. The van der Waals surface area contributed by atoms with Crippen LogP contribution in [-0.4, -0.2) is 17.6 Å². The molecule has 0 aliphatic carbocycles. The van der Waals surface area contributed by atoms with E-state index < -0.39 is 0 Å². The maximum Gasteiger partial charge on any atom is 0.255 e. The predicted octanol–water partition coefficient (Wildman–Crippen LogP) is 5.94. The van der Waals surface area contributed by atoms with Crippen molar-refractivity contribution in [3.8, 4) is 0 Å². The molecule has 148 valence electrons. The Morgan fingerprint density at radius 2 is 1.52 bits per heavy atom. The number of hydrogen-bond acceptors (Lipinski definition) is 3. The molecule has 0 aliphatic heterocycles. The van der Waals surface area contributed by atoms with Crippen molar-refractivity contribution < 1.29 is 9.59 Å². The van der Waals surface area contributed by atoms with E-state index in [9.17, 15) is 9.59 Å². The Hall–Kier alpha value is -2.76. The molecule has 0 radical (unpaired) electrons. The summed E-state index contributed by atoms with van der Waals surface area (Å²) >= 11 is 7.50. The number of hydrogen-bond donors (Lipinski definition) is 2. The summed E-state index contributed by atoms with van der Waals surface area (Å²) in [4.78, 5) is 25.3. The number of thioether (sulfide) groups is 1. The lowest BCUT2D eigenvalue weighted by molar-refractivity contribution is -0.113. The number of carbonyl (C=O) groups excluding carboxylic acids is 2. The molecule has 0 heterocycles. The van der Waals surface area contributed by atoms with Crippen LogP contribution in [0.25, 0.3) is 0 Å². The highest BCUT2D eigenvalue weighted by Crippen LogP contribution is 2.23. The van der Waals surface area contributed by atoms with Crippen LogP contribution < -0.4 is 10.6 Å². The van der Waals surface area contributed by atoms with Gasteiger partial charge in [0.2, 0.25) is 5.91 Å². The Balaban J connectivity index is 1.50. The van der Waals surface area contributed by atoms with Gasteiger partial charge in [-0.25, -0.2) is 0 Å². The molecule has 4 nitrogen and oxygen atoms in total. The molecule has 29 heavy (non-hydrogen) atoms. The van der Waals surface area contributed by atoms with E-state index in [0.29, 0.717) is 22.0 Å². The highest BCUT2D eigenvalue weighted by atomic mass is 35.5. The smallest absolute Gasteiger partial charge is 0.255 e. The summed E-state index contributed by atoms with van der Waals surface area (Å²) in [6, 6.07) is 20.3. The monoisotopic (exact) mass is 424 g/mol. The standard InChI is InChI=1S/C23H21ClN2O2S/c1-15-3-6-17(7-4-15)23(28)26-18-9-11-20(12-10-18)29-14-22(27)25-19-8-5-16(2)21(24)13-19/h3-13H,14H2,1-2H3,(H,25,27)(H,26,28). The number of halogens is 1. The second kappa shape index (κ2) is 9.63. The van der Waals surface area contributed by atoms with Crippen LogP contribution in [0.5, 0.6) is 0 Å². The van der Waals surface area contributed by atoms with E-state index in [-0.39, 0.29) is 17.6 Å². The Morgan fingerprint density at radius 1 is 0.862 bits per heavy atom. The number of nitrogens with one attached hydrogen (secondary N) is 2. The molecule has 0 saturated heterocycles. The lowest BCUT2D eigenvalue weighted by Gasteiger charge is -2.08. The Bertz CT molecular complexity index is 1020. The molecule has 0 saturated carbocycles. The van der Waals surface area contributed by atoms with Crippen molar-refractivity contribution in [3.63, 3.8) is 0 Å². The normalized spacial score (nSPS) is 10.4. The predicted molar refractivity (Wildman–Crippen MR) is 121 cm³/mol. The SMILES string of the molecule is Cc1ccc(C(=O)Nc2ccc(SCC(=O)Nc3ccc(C)c(Cl)c3)cc2)cc1. The van der Waals surface area contributed by atoms with Gasteiger partial charge in [0, 0.05) is 26.9 Å². The quantitative estimate of drug-likeness (QED) is 0.481. The third-order valence-electron chi connectivity index (χ3n) is 4.25. The molecule has 0 atom stereocenters. The fraction of sp³-hybridized carbons (Fsp3) is 0.130. The zero-order chi connectivity index (χ0) is 20.8. The van der Waals surface area contributed by atoms with Gasteiger partial charge in [-0.05, 0) is 67.9 Å². The van der Waals surface area contributed by atoms with Gasteiger partial charge in [-0.2, -0.15) is 0 Å². The van der Waals surface area contributed by atoms with Gasteiger partial charge in [-0.1, -0.05) is 35.4 Å². The fourth-order valence-corrected chi connectivity index (χ4v) is 3.44. The maximum absolute atomic E-state index is 12.3. The first-order valence-electron chi connectivity index (χ1n) is 9.07. The van der Waals surface area contributed by atoms with E-state index in [4.69, 9.17) is 11.6 Å². The molecule has 0 aliphatic rings.